The molecule has 1 aromatic carbocycles. The van der Waals surface area contributed by atoms with E-state index >= 15 is 0 Å². The van der Waals surface area contributed by atoms with Crippen molar-refractivity contribution in [3.05, 3.63) is 60.4 Å². The molecule has 4 heteroatoms. The van der Waals surface area contributed by atoms with E-state index in [0.29, 0.717) is 0 Å². The van der Waals surface area contributed by atoms with Gasteiger partial charge in [-0.3, -0.25) is 0 Å². The standard InChI is InChI=1S/C23H29N3O/c1-24-14-16-25(17-15-24)12-5-7-23-22(18-20-6-3-4-13-26(20)23)19-8-10-21(27-2)11-9-19/h3-4,6,8-11,13,18H,5,7,12,14-17H2,1-2H3. The molecular formula is C23H29N3O. The smallest absolute Gasteiger partial charge is 0.118 e. The van der Waals surface area contributed by atoms with E-state index in [4.69, 9.17) is 4.74 Å². The van der Waals surface area contributed by atoms with Crippen LogP contribution in [0.3, 0.4) is 0 Å². The van der Waals surface area contributed by atoms with Gasteiger partial charge in [-0.2, -0.15) is 0 Å². The van der Waals surface area contributed by atoms with Crippen LogP contribution in [0.25, 0.3) is 16.6 Å². The van der Waals surface area contributed by atoms with Crippen molar-refractivity contribution in [3.8, 4) is 16.9 Å². The van der Waals surface area contributed by atoms with Crippen molar-refractivity contribution in [2.24, 2.45) is 0 Å². The molecule has 0 aliphatic carbocycles. The summed E-state index contributed by atoms with van der Waals surface area (Å²) in [4.78, 5) is 5.02. The van der Waals surface area contributed by atoms with Gasteiger partial charge in [0, 0.05) is 49.1 Å². The van der Waals surface area contributed by atoms with E-state index < -0.39 is 0 Å². The van der Waals surface area contributed by atoms with E-state index in [1.165, 1.54) is 61.5 Å². The molecule has 4 nitrogen and oxygen atoms in total. The fraction of sp³-hybridized carbons (Fsp3) is 0.391. The molecule has 1 aliphatic heterocycles. The van der Waals surface area contributed by atoms with E-state index in [1.54, 1.807) is 7.11 Å². The molecule has 4 rings (SSSR count). The zero-order valence-corrected chi connectivity index (χ0v) is 16.4. The minimum absolute atomic E-state index is 0.902. The molecule has 1 fully saturated rings. The highest BCUT2D eigenvalue weighted by molar-refractivity contribution is 5.74. The Labute approximate surface area is 162 Å². The quantitative estimate of drug-likeness (QED) is 0.664. The molecule has 2 aromatic heterocycles. The van der Waals surface area contributed by atoms with Crippen molar-refractivity contribution >= 4 is 5.52 Å². The number of fused-ring (bicyclic) bond motifs is 1. The van der Waals surface area contributed by atoms with Crippen molar-refractivity contribution in [2.75, 3.05) is 46.9 Å². The third-order valence-corrected chi connectivity index (χ3v) is 5.67. The van der Waals surface area contributed by atoms with Crippen LogP contribution >= 0.6 is 0 Å². The van der Waals surface area contributed by atoms with Gasteiger partial charge in [0.25, 0.3) is 0 Å². The van der Waals surface area contributed by atoms with Gasteiger partial charge in [0.1, 0.15) is 5.75 Å². The molecule has 0 saturated carbocycles. The Morgan fingerprint density at radius 2 is 1.74 bits per heavy atom. The highest BCUT2D eigenvalue weighted by Crippen LogP contribution is 2.30. The Hall–Kier alpha value is -2.30. The summed E-state index contributed by atoms with van der Waals surface area (Å²) in [6.45, 7) is 5.93. The van der Waals surface area contributed by atoms with Crippen molar-refractivity contribution in [2.45, 2.75) is 12.8 Å². The predicted molar refractivity (Wildman–Crippen MR) is 112 cm³/mol. The van der Waals surface area contributed by atoms with Gasteiger partial charge in [0.15, 0.2) is 0 Å². The van der Waals surface area contributed by atoms with E-state index in [9.17, 15) is 0 Å². The van der Waals surface area contributed by atoms with Crippen molar-refractivity contribution in [3.63, 3.8) is 0 Å². The third kappa shape index (κ3) is 4.02. The molecule has 27 heavy (non-hydrogen) atoms. The van der Waals surface area contributed by atoms with Crippen LogP contribution in [-0.2, 0) is 6.42 Å². The Balaban J connectivity index is 1.54. The monoisotopic (exact) mass is 363 g/mol. The van der Waals surface area contributed by atoms with Gasteiger partial charge in [-0.1, -0.05) is 18.2 Å². The summed E-state index contributed by atoms with van der Waals surface area (Å²) in [5, 5.41) is 0. The van der Waals surface area contributed by atoms with Crippen molar-refractivity contribution in [1.82, 2.24) is 14.2 Å². The number of rotatable bonds is 6. The summed E-state index contributed by atoms with van der Waals surface area (Å²) in [6.07, 6.45) is 4.47. The maximum absolute atomic E-state index is 5.32. The van der Waals surface area contributed by atoms with Gasteiger partial charge in [0.2, 0.25) is 0 Å². The van der Waals surface area contributed by atoms with Crippen molar-refractivity contribution in [1.29, 1.82) is 0 Å². The average Bonchev–Trinajstić information content (AvgIpc) is 3.08. The second-order valence-corrected chi connectivity index (χ2v) is 7.48. The lowest BCUT2D eigenvalue weighted by atomic mass is 10.0. The number of aromatic nitrogens is 1. The summed E-state index contributed by atoms with van der Waals surface area (Å²) in [5.74, 6) is 0.902. The normalized spacial score (nSPS) is 16.1. The lowest BCUT2D eigenvalue weighted by molar-refractivity contribution is 0.153. The lowest BCUT2D eigenvalue weighted by Gasteiger charge is -2.32. The van der Waals surface area contributed by atoms with Gasteiger partial charge >= 0.3 is 0 Å². The van der Waals surface area contributed by atoms with E-state index in [0.717, 1.165) is 12.2 Å². The van der Waals surface area contributed by atoms with Crippen LogP contribution in [0.2, 0.25) is 0 Å². The minimum atomic E-state index is 0.902. The van der Waals surface area contributed by atoms with E-state index in [1.807, 2.05) is 12.1 Å². The van der Waals surface area contributed by atoms with Crippen LogP contribution in [0, 0.1) is 0 Å². The molecule has 3 heterocycles. The van der Waals surface area contributed by atoms with Gasteiger partial charge in [0.05, 0.1) is 7.11 Å². The highest BCUT2D eigenvalue weighted by Gasteiger charge is 2.15. The summed E-state index contributed by atoms with van der Waals surface area (Å²) >= 11 is 0. The topological polar surface area (TPSA) is 20.1 Å². The highest BCUT2D eigenvalue weighted by atomic mass is 16.5. The molecule has 3 aromatic rings. The number of methoxy groups -OCH3 is 1. The molecule has 0 N–H and O–H groups in total. The SMILES string of the molecule is COc1ccc(-c2cc3ccccn3c2CCCN2CCN(C)CC2)cc1. The van der Waals surface area contributed by atoms with Crippen LogP contribution in [0.1, 0.15) is 12.1 Å². The Bertz CT molecular complexity index is 876. The first-order chi connectivity index (χ1) is 13.2. The average molecular weight is 364 g/mol. The Kier molecular flexibility index (Phi) is 5.46. The Morgan fingerprint density at radius 3 is 2.48 bits per heavy atom. The predicted octanol–water partition coefficient (Wildman–Crippen LogP) is 3.79. The van der Waals surface area contributed by atoms with Gasteiger partial charge < -0.3 is 18.9 Å². The molecule has 0 unspecified atom stereocenters. The van der Waals surface area contributed by atoms with Crippen LogP contribution < -0.4 is 4.74 Å². The zero-order valence-electron chi connectivity index (χ0n) is 16.4. The van der Waals surface area contributed by atoms with Gasteiger partial charge in [-0.25, -0.2) is 0 Å². The number of benzene rings is 1. The van der Waals surface area contributed by atoms with E-state index in [-0.39, 0.29) is 0 Å². The lowest BCUT2D eigenvalue weighted by Crippen LogP contribution is -2.44. The number of likely N-dealkylation sites (N-methyl/N-ethyl adjacent to an activating group) is 1. The number of hydrogen-bond donors (Lipinski definition) is 0. The van der Waals surface area contributed by atoms with Gasteiger partial charge in [-0.05, 0) is 62.3 Å². The van der Waals surface area contributed by atoms with E-state index in [2.05, 4.69) is 63.8 Å². The minimum Gasteiger partial charge on any atom is -0.497 e. The number of ether oxygens (including phenoxy) is 1. The summed E-state index contributed by atoms with van der Waals surface area (Å²) < 4.78 is 7.67. The number of hydrogen-bond acceptors (Lipinski definition) is 3. The zero-order chi connectivity index (χ0) is 18.6. The summed E-state index contributed by atoms with van der Waals surface area (Å²) in [7, 11) is 3.93. The van der Waals surface area contributed by atoms with Gasteiger partial charge in [-0.15, -0.1) is 0 Å². The second kappa shape index (κ2) is 8.15. The first-order valence-corrected chi connectivity index (χ1v) is 9.89. The molecule has 1 aliphatic rings. The Morgan fingerprint density at radius 1 is 0.963 bits per heavy atom. The first kappa shape index (κ1) is 18.1. The molecule has 0 spiro atoms. The molecule has 0 atom stereocenters. The molecule has 0 radical (unpaired) electrons. The number of aryl methyl sites for hydroxylation is 1. The summed E-state index contributed by atoms with van der Waals surface area (Å²) in [5.41, 5.74) is 5.26. The van der Waals surface area contributed by atoms with Crippen LogP contribution in [-0.4, -0.2) is 61.1 Å². The van der Waals surface area contributed by atoms with Crippen LogP contribution in [0.4, 0.5) is 0 Å². The fourth-order valence-electron chi connectivity index (χ4n) is 4.00. The first-order valence-electron chi connectivity index (χ1n) is 9.89. The molecule has 142 valence electrons. The summed E-state index contributed by atoms with van der Waals surface area (Å²) in [6, 6.07) is 17.2. The molecular weight excluding hydrogens is 334 g/mol. The molecule has 0 amide bonds. The number of piperazine rings is 1. The maximum Gasteiger partial charge on any atom is 0.118 e. The van der Waals surface area contributed by atoms with Crippen LogP contribution in [0.5, 0.6) is 5.75 Å². The van der Waals surface area contributed by atoms with Crippen LogP contribution in [0.15, 0.2) is 54.7 Å². The third-order valence-electron chi connectivity index (χ3n) is 5.67. The maximum atomic E-state index is 5.32. The molecule has 1 saturated heterocycles. The fourth-order valence-corrected chi connectivity index (χ4v) is 4.00. The number of nitrogens with zero attached hydrogens (tertiary/aromatic N) is 3. The van der Waals surface area contributed by atoms with Crippen molar-refractivity contribution < 1.29 is 4.74 Å². The number of pyridine rings is 1. The molecule has 0 bridgehead atoms. The second-order valence-electron chi connectivity index (χ2n) is 7.48. The largest absolute Gasteiger partial charge is 0.497 e.